The SMILES string of the molecule is CCCc1ccc(C(=O)Nc2ccc(S(=O)(=O)N(CCN3CCOCC3)[C@@H](C(=O)NO)C(C)C)cc2)cc1.Cl. The van der Waals surface area contributed by atoms with Gasteiger partial charge in [-0.15, -0.1) is 12.4 Å². The minimum absolute atomic E-state index is 0. The lowest BCUT2D eigenvalue weighted by Gasteiger charge is -2.34. The van der Waals surface area contributed by atoms with Gasteiger partial charge in [0, 0.05) is 37.4 Å². The zero-order valence-electron chi connectivity index (χ0n) is 22.6. The second-order valence-corrected chi connectivity index (χ2v) is 11.6. The number of rotatable bonds is 12. The predicted molar refractivity (Wildman–Crippen MR) is 152 cm³/mol. The first-order valence-electron chi connectivity index (χ1n) is 12.9. The smallest absolute Gasteiger partial charge is 0.262 e. The van der Waals surface area contributed by atoms with E-state index in [1.165, 1.54) is 24.3 Å². The summed E-state index contributed by atoms with van der Waals surface area (Å²) < 4.78 is 34.0. The van der Waals surface area contributed by atoms with Crippen LogP contribution in [0.2, 0.25) is 0 Å². The van der Waals surface area contributed by atoms with Crippen molar-refractivity contribution < 1.29 is 28.0 Å². The standard InChI is InChI=1S/C27H38N4O6S.ClH/c1-4-5-21-6-8-22(9-7-21)26(32)28-23-10-12-24(13-11-23)38(35,36)31(25(20(2)3)27(33)29-34)15-14-30-16-18-37-19-17-30;/h6-13,20,25,34H,4-5,14-19H2,1-3H3,(H,28,32)(H,29,33);1H/t25-;/m1./s1. The van der Waals surface area contributed by atoms with Crippen molar-refractivity contribution in [3.63, 3.8) is 0 Å². The van der Waals surface area contributed by atoms with Crippen molar-refractivity contribution in [1.82, 2.24) is 14.7 Å². The fourth-order valence-electron chi connectivity index (χ4n) is 4.47. The van der Waals surface area contributed by atoms with Gasteiger partial charge >= 0.3 is 0 Å². The molecule has 0 aliphatic carbocycles. The van der Waals surface area contributed by atoms with Gasteiger partial charge in [0.15, 0.2) is 0 Å². The molecule has 2 aromatic carbocycles. The van der Waals surface area contributed by atoms with Crippen molar-refractivity contribution in [2.45, 2.75) is 44.6 Å². The number of nitrogens with one attached hydrogen (secondary N) is 2. The Hall–Kier alpha value is -2.54. The van der Waals surface area contributed by atoms with Crippen molar-refractivity contribution in [2.75, 3.05) is 44.7 Å². The van der Waals surface area contributed by atoms with Crippen LogP contribution in [0.15, 0.2) is 53.4 Å². The molecule has 1 atom stereocenters. The van der Waals surface area contributed by atoms with Crippen LogP contribution in [0, 0.1) is 5.92 Å². The molecule has 0 bridgehead atoms. The van der Waals surface area contributed by atoms with E-state index in [0.29, 0.717) is 44.1 Å². The lowest BCUT2D eigenvalue weighted by molar-refractivity contribution is -0.134. The molecule has 3 N–H and O–H groups in total. The minimum atomic E-state index is -4.12. The first-order chi connectivity index (χ1) is 18.2. The average Bonchev–Trinajstić information content (AvgIpc) is 2.91. The Kier molecular flexibility index (Phi) is 12.8. The quantitative estimate of drug-likeness (QED) is 0.259. The van der Waals surface area contributed by atoms with E-state index >= 15 is 0 Å². The molecule has 1 fully saturated rings. The van der Waals surface area contributed by atoms with Gasteiger partial charge in [-0.1, -0.05) is 39.3 Å². The maximum Gasteiger partial charge on any atom is 0.262 e. The molecule has 3 rings (SSSR count). The number of halogens is 1. The Labute approximate surface area is 237 Å². The van der Waals surface area contributed by atoms with E-state index in [1.54, 1.807) is 31.5 Å². The summed E-state index contributed by atoms with van der Waals surface area (Å²) >= 11 is 0. The molecule has 39 heavy (non-hydrogen) atoms. The molecule has 2 aromatic rings. The van der Waals surface area contributed by atoms with Crippen molar-refractivity contribution in [2.24, 2.45) is 5.92 Å². The topological polar surface area (TPSA) is 128 Å². The van der Waals surface area contributed by atoms with Crippen LogP contribution < -0.4 is 10.8 Å². The van der Waals surface area contributed by atoms with Gasteiger partial charge in [-0.25, -0.2) is 13.9 Å². The maximum absolute atomic E-state index is 13.7. The maximum atomic E-state index is 13.7. The van der Waals surface area contributed by atoms with Crippen LogP contribution in [0.5, 0.6) is 0 Å². The minimum Gasteiger partial charge on any atom is -0.379 e. The van der Waals surface area contributed by atoms with Gasteiger partial charge in [-0.3, -0.25) is 19.7 Å². The number of carbonyl (C=O) groups is 2. The number of nitrogens with zero attached hydrogens (tertiary/aromatic N) is 2. The van der Waals surface area contributed by atoms with E-state index in [9.17, 15) is 23.2 Å². The Balaban J connectivity index is 0.00000533. The molecular weight excluding hydrogens is 544 g/mol. The molecular formula is C27H39ClN4O6S. The van der Waals surface area contributed by atoms with Crippen molar-refractivity contribution in [3.8, 4) is 0 Å². The number of hydroxylamine groups is 1. The van der Waals surface area contributed by atoms with Gasteiger partial charge in [0.1, 0.15) is 6.04 Å². The summed E-state index contributed by atoms with van der Waals surface area (Å²) in [5, 5.41) is 12.1. The molecule has 1 aliphatic heterocycles. The summed E-state index contributed by atoms with van der Waals surface area (Å²) in [5.41, 5.74) is 3.73. The molecule has 216 valence electrons. The van der Waals surface area contributed by atoms with E-state index in [0.717, 1.165) is 22.7 Å². The molecule has 1 heterocycles. The molecule has 1 aliphatic rings. The van der Waals surface area contributed by atoms with Gasteiger partial charge in [0.25, 0.3) is 11.8 Å². The number of benzene rings is 2. The number of ether oxygens (including phenoxy) is 1. The molecule has 0 unspecified atom stereocenters. The number of sulfonamides is 1. The van der Waals surface area contributed by atoms with Gasteiger partial charge in [-0.05, 0) is 54.3 Å². The highest BCUT2D eigenvalue weighted by Crippen LogP contribution is 2.24. The van der Waals surface area contributed by atoms with Gasteiger partial charge < -0.3 is 10.1 Å². The Bertz CT molecular complexity index is 1170. The monoisotopic (exact) mass is 582 g/mol. The first kappa shape index (κ1) is 32.7. The van der Waals surface area contributed by atoms with E-state index < -0.39 is 27.9 Å². The molecule has 0 spiro atoms. The third kappa shape index (κ3) is 8.72. The fraction of sp³-hybridized carbons (Fsp3) is 0.481. The van der Waals surface area contributed by atoms with Crippen LogP contribution >= 0.6 is 12.4 Å². The zero-order valence-corrected chi connectivity index (χ0v) is 24.3. The largest absolute Gasteiger partial charge is 0.379 e. The summed E-state index contributed by atoms with van der Waals surface area (Å²) in [4.78, 5) is 27.3. The van der Waals surface area contributed by atoms with Crippen molar-refractivity contribution >= 4 is 39.9 Å². The summed E-state index contributed by atoms with van der Waals surface area (Å²) in [7, 11) is -4.12. The van der Waals surface area contributed by atoms with Crippen LogP contribution in [0.25, 0.3) is 0 Å². The Morgan fingerprint density at radius 1 is 1.05 bits per heavy atom. The molecule has 0 aromatic heterocycles. The normalized spacial score (nSPS) is 15.0. The third-order valence-electron chi connectivity index (χ3n) is 6.53. The molecule has 0 radical (unpaired) electrons. The van der Waals surface area contributed by atoms with E-state index in [-0.39, 0.29) is 29.8 Å². The molecule has 10 nitrogen and oxygen atoms in total. The highest BCUT2D eigenvalue weighted by molar-refractivity contribution is 7.89. The molecule has 1 saturated heterocycles. The second-order valence-electron chi connectivity index (χ2n) is 9.66. The highest BCUT2D eigenvalue weighted by Gasteiger charge is 2.38. The van der Waals surface area contributed by atoms with E-state index in [4.69, 9.17) is 4.74 Å². The number of hydrogen-bond donors (Lipinski definition) is 3. The third-order valence-corrected chi connectivity index (χ3v) is 8.43. The van der Waals surface area contributed by atoms with Crippen LogP contribution in [0.3, 0.4) is 0 Å². The van der Waals surface area contributed by atoms with Crippen molar-refractivity contribution in [3.05, 3.63) is 59.7 Å². The molecule has 2 amide bonds. The van der Waals surface area contributed by atoms with E-state index in [2.05, 4.69) is 17.1 Å². The summed E-state index contributed by atoms with van der Waals surface area (Å²) in [6.45, 7) is 8.49. The highest BCUT2D eigenvalue weighted by atomic mass is 35.5. The van der Waals surface area contributed by atoms with Gasteiger partial charge in [-0.2, -0.15) is 4.31 Å². The summed E-state index contributed by atoms with van der Waals surface area (Å²) in [5.74, 6) is -1.49. The average molecular weight is 583 g/mol. The fourth-order valence-corrected chi connectivity index (χ4v) is 6.18. The first-order valence-corrected chi connectivity index (χ1v) is 14.4. The molecule has 0 saturated carbocycles. The van der Waals surface area contributed by atoms with Crippen LogP contribution in [0.4, 0.5) is 5.69 Å². The second kappa shape index (κ2) is 15.3. The number of aryl methyl sites for hydroxylation is 1. The van der Waals surface area contributed by atoms with Gasteiger partial charge in [0.05, 0.1) is 18.1 Å². The van der Waals surface area contributed by atoms with Crippen molar-refractivity contribution in [1.29, 1.82) is 0 Å². The lowest BCUT2D eigenvalue weighted by atomic mass is 10.0. The summed E-state index contributed by atoms with van der Waals surface area (Å²) in [6, 6.07) is 12.1. The molecule has 12 heteroatoms. The predicted octanol–water partition coefficient (Wildman–Crippen LogP) is 3.17. The van der Waals surface area contributed by atoms with E-state index in [1.807, 2.05) is 12.1 Å². The number of hydrogen-bond acceptors (Lipinski definition) is 7. The summed E-state index contributed by atoms with van der Waals surface area (Å²) in [6.07, 6.45) is 1.97. The van der Waals surface area contributed by atoms with Crippen LogP contribution in [-0.4, -0.2) is 80.1 Å². The number of anilines is 1. The van der Waals surface area contributed by atoms with Crippen LogP contribution in [0.1, 0.15) is 43.1 Å². The van der Waals surface area contributed by atoms with Gasteiger partial charge in [0.2, 0.25) is 10.0 Å². The Morgan fingerprint density at radius 3 is 2.21 bits per heavy atom. The number of amides is 2. The zero-order chi connectivity index (χ0) is 27.7. The lowest BCUT2D eigenvalue weighted by Crippen LogP contribution is -2.54. The van der Waals surface area contributed by atoms with Crippen LogP contribution in [-0.2, 0) is 26.0 Å². The number of morpholine rings is 1. The Morgan fingerprint density at radius 2 is 1.67 bits per heavy atom. The number of carbonyl (C=O) groups excluding carboxylic acids is 2.